The van der Waals surface area contributed by atoms with Gasteiger partial charge in [0.05, 0.1) is 14.2 Å². The second-order valence-corrected chi connectivity index (χ2v) is 4.27. The number of halogens is 2. The minimum absolute atomic E-state index is 0.0335. The van der Waals surface area contributed by atoms with Crippen LogP contribution in [0.5, 0.6) is 11.5 Å². The van der Waals surface area contributed by atoms with E-state index in [1.807, 2.05) is 0 Å². The maximum Gasteiger partial charge on any atom is 0.168 e. The van der Waals surface area contributed by atoms with Crippen molar-refractivity contribution in [3.63, 3.8) is 0 Å². The minimum Gasteiger partial charge on any atom is -0.493 e. The summed E-state index contributed by atoms with van der Waals surface area (Å²) in [6.45, 7) is 0.322. The molecule has 0 saturated heterocycles. The molecule has 0 heterocycles. The first-order chi connectivity index (χ1) is 8.09. The van der Waals surface area contributed by atoms with Crippen molar-refractivity contribution in [2.45, 2.75) is 18.3 Å². The number of ether oxygens (including phenoxy) is 2. The zero-order valence-electron chi connectivity index (χ0n) is 9.85. The van der Waals surface area contributed by atoms with Gasteiger partial charge in [-0.2, -0.15) is 0 Å². The van der Waals surface area contributed by atoms with Gasteiger partial charge in [-0.25, -0.2) is 8.78 Å². The number of hydrogen-bond donors (Lipinski definition) is 1. The van der Waals surface area contributed by atoms with Crippen molar-refractivity contribution < 1.29 is 18.3 Å². The zero-order chi connectivity index (χ0) is 12.6. The summed E-state index contributed by atoms with van der Waals surface area (Å²) in [4.78, 5) is 0. The topological polar surface area (TPSA) is 44.5 Å². The van der Waals surface area contributed by atoms with Gasteiger partial charge >= 0.3 is 0 Å². The van der Waals surface area contributed by atoms with Crippen molar-refractivity contribution in [2.75, 3.05) is 20.8 Å². The standard InChI is InChI=1S/C12H15F2NO2/c1-16-10-7(13)5-8(14)11(17-2)9(10)12(6-15)3-4-12/h5H,3-4,6,15H2,1-2H3. The average Bonchev–Trinajstić information content (AvgIpc) is 3.09. The van der Waals surface area contributed by atoms with Crippen LogP contribution in [0.2, 0.25) is 0 Å². The Bertz CT molecular complexity index is 416. The van der Waals surface area contributed by atoms with Gasteiger partial charge in [0.2, 0.25) is 0 Å². The monoisotopic (exact) mass is 243 g/mol. The van der Waals surface area contributed by atoms with Gasteiger partial charge in [0.15, 0.2) is 23.1 Å². The summed E-state index contributed by atoms with van der Waals surface area (Å²) < 4.78 is 37.4. The molecule has 0 atom stereocenters. The van der Waals surface area contributed by atoms with Gasteiger partial charge in [0.1, 0.15) is 0 Å². The average molecular weight is 243 g/mol. The van der Waals surface area contributed by atoms with Crippen LogP contribution in [0.4, 0.5) is 8.78 Å². The Morgan fingerprint density at radius 1 is 1.18 bits per heavy atom. The molecule has 0 bridgehead atoms. The fraction of sp³-hybridized carbons (Fsp3) is 0.500. The van der Waals surface area contributed by atoms with Crippen LogP contribution < -0.4 is 15.2 Å². The molecule has 0 amide bonds. The SMILES string of the molecule is COc1c(F)cc(F)c(OC)c1C1(CN)CC1. The van der Waals surface area contributed by atoms with E-state index in [4.69, 9.17) is 15.2 Å². The molecule has 0 aliphatic heterocycles. The number of methoxy groups -OCH3 is 2. The molecule has 1 aromatic rings. The molecule has 94 valence electrons. The van der Waals surface area contributed by atoms with E-state index >= 15 is 0 Å². The summed E-state index contributed by atoms with van der Waals surface area (Å²) in [5.74, 6) is -1.38. The summed E-state index contributed by atoms with van der Waals surface area (Å²) >= 11 is 0. The highest BCUT2D eigenvalue weighted by atomic mass is 19.1. The maximum absolute atomic E-state index is 13.7. The molecule has 0 aromatic heterocycles. The smallest absolute Gasteiger partial charge is 0.168 e. The van der Waals surface area contributed by atoms with Crippen LogP contribution in [0.25, 0.3) is 0 Å². The predicted octanol–water partition coefficient (Wildman–Crippen LogP) is 1.97. The molecular formula is C12H15F2NO2. The van der Waals surface area contributed by atoms with E-state index in [1.165, 1.54) is 14.2 Å². The van der Waals surface area contributed by atoms with E-state index in [0.717, 1.165) is 18.9 Å². The van der Waals surface area contributed by atoms with Crippen LogP contribution in [0.15, 0.2) is 6.07 Å². The Hall–Kier alpha value is -1.36. The number of benzene rings is 1. The highest BCUT2D eigenvalue weighted by Crippen LogP contribution is 2.55. The third kappa shape index (κ3) is 1.74. The molecule has 1 aliphatic carbocycles. The van der Waals surface area contributed by atoms with Crippen LogP contribution in [0.1, 0.15) is 18.4 Å². The van der Waals surface area contributed by atoms with Crippen molar-refractivity contribution >= 4 is 0 Å². The van der Waals surface area contributed by atoms with Gasteiger partial charge in [-0.3, -0.25) is 0 Å². The first-order valence-corrected chi connectivity index (χ1v) is 5.40. The van der Waals surface area contributed by atoms with E-state index in [0.29, 0.717) is 12.1 Å². The summed E-state index contributed by atoms with van der Waals surface area (Å²) in [5, 5.41) is 0. The van der Waals surface area contributed by atoms with E-state index in [1.54, 1.807) is 0 Å². The number of nitrogens with two attached hydrogens (primary N) is 1. The van der Waals surface area contributed by atoms with Gasteiger partial charge in [-0.15, -0.1) is 0 Å². The molecule has 2 rings (SSSR count). The molecule has 5 heteroatoms. The lowest BCUT2D eigenvalue weighted by Gasteiger charge is -2.21. The predicted molar refractivity (Wildman–Crippen MR) is 59.4 cm³/mol. The van der Waals surface area contributed by atoms with Crippen LogP contribution in [0, 0.1) is 11.6 Å². The lowest BCUT2D eigenvalue weighted by atomic mass is 9.93. The van der Waals surface area contributed by atoms with Gasteiger partial charge in [-0.1, -0.05) is 0 Å². The molecule has 0 spiro atoms. The highest BCUT2D eigenvalue weighted by molar-refractivity contribution is 5.54. The van der Waals surface area contributed by atoms with Gasteiger partial charge in [-0.05, 0) is 12.8 Å². The lowest BCUT2D eigenvalue weighted by molar-refractivity contribution is 0.342. The quantitative estimate of drug-likeness (QED) is 0.879. The first-order valence-electron chi connectivity index (χ1n) is 5.40. The fourth-order valence-electron chi connectivity index (χ4n) is 2.17. The largest absolute Gasteiger partial charge is 0.493 e. The van der Waals surface area contributed by atoms with Crippen LogP contribution in [0.3, 0.4) is 0 Å². The second-order valence-electron chi connectivity index (χ2n) is 4.27. The molecule has 0 radical (unpaired) electrons. The summed E-state index contributed by atoms with van der Waals surface area (Å²) in [6.07, 6.45) is 1.58. The third-order valence-electron chi connectivity index (χ3n) is 3.32. The number of rotatable bonds is 4. The molecular weight excluding hydrogens is 228 g/mol. The Kier molecular flexibility index (Phi) is 2.95. The minimum atomic E-state index is -0.722. The Labute approximate surface area is 98.5 Å². The summed E-state index contributed by atoms with van der Waals surface area (Å²) in [5.41, 5.74) is 5.71. The van der Waals surface area contributed by atoms with E-state index in [9.17, 15) is 8.78 Å². The van der Waals surface area contributed by atoms with Crippen molar-refractivity contribution in [1.82, 2.24) is 0 Å². The van der Waals surface area contributed by atoms with E-state index in [-0.39, 0.29) is 11.5 Å². The van der Waals surface area contributed by atoms with Gasteiger partial charge in [0.25, 0.3) is 0 Å². The van der Waals surface area contributed by atoms with Gasteiger partial charge < -0.3 is 15.2 Å². The molecule has 2 N–H and O–H groups in total. The van der Waals surface area contributed by atoms with Crippen LogP contribution in [-0.2, 0) is 5.41 Å². The van der Waals surface area contributed by atoms with Crippen molar-refractivity contribution in [3.8, 4) is 11.5 Å². The van der Waals surface area contributed by atoms with E-state index < -0.39 is 17.0 Å². The molecule has 1 aliphatic rings. The van der Waals surface area contributed by atoms with Crippen molar-refractivity contribution in [1.29, 1.82) is 0 Å². The van der Waals surface area contributed by atoms with E-state index in [2.05, 4.69) is 0 Å². The molecule has 0 unspecified atom stereocenters. The van der Waals surface area contributed by atoms with Crippen molar-refractivity contribution in [2.24, 2.45) is 5.73 Å². The van der Waals surface area contributed by atoms with Crippen LogP contribution in [-0.4, -0.2) is 20.8 Å². The first kappa shape index (κ1) is 12.1. The Morgan fingerprint density at radius 3 is 1.94 bits per heavy atom. The molecule has 3 nitrogen and oxygen atoms in total. The molecule has 1 aromatic carbocycles. The molecule has 17 heavy (non-hydrogen) atoms. The molecule has 1 saturated carbocycles. The lowest BCUT2D eigenvalue weighted by Crippen LogP contribution is -2.22. The zero-order valence-corrected chi connectivity index (χ0v) is 9.85. The highest BCUT2D eigenvalue weighted by Gasteiger charge is 2.48. The Balaban J connectivity index is 2.68. The van der Waals surface area contributed by atoms with Crippen molar-refractivity contribution in [3.05, 3.63) is 23.3 Å². The normalized spacial score (nSPS) is 16.8. The summed E-state index contributed by atoms with van der Waals surface area (Å²) in [7, 11) is 2.71. The van der Waals surface area contributed by atoms with Gasteiger partial charge in [0, 0.05) is 23.6 Å². The van der Waals surface area contributed by atoms with Crippen LogP contribution >= 0.6 is 0 Å². The second kappa shape index (κ2) is 4.14. The number of hydrogen-bond acceptors (Lipinski definition) is 3. The summed E-state index contributed by atoms with van der Waals surface area (Å²) in [6, 6.07) is 0.772. The maximum atomic E-state index is 13.7. The Morgan fingerprint density at radius 2 is 1.65 bits per heavy atom. The fourth-order valence-corrected chi connectivity index (χ4v) is 2.17. The molecule has 1 fully saturated rings. The third-order valence-corrected chi connectivity index (χ3v) is 3.32.